The first kappa shape index (κ1) is 11.2. The lowest BCUT2D eigenvalue weighted by Gasteiger charge is -2.13. The molecule has 6 heteroatoms. The molecule has 4 nitrogen and oxygen atoms in total. The van der Waals surface area contributed by atoms with Gasteiger partial charge in [-0.25, -0.2) is 5.84 Å². The van der Waals surface area contributed by atoms with E-state index >= 15 is 0 Å². The minimum atomic E-state index is -0.254. The van der Waals surface area contributed by atoms with Crippen LogP contribution in [0, 0.1) is 0 Å². The third-order valence-electron chi connectivity index (χ3n) is 1.57. The molecular formula is C8H10ClN3OS. The van der Waals surface area contributed by atoms with E-state index in [0.717, 1.165) is 5.69 Å². The highest BCUT2D eigenvalue weighted by Crippen LogP contribution is 2.16. The summed E-state index contributed by atoms with van der Waals surface area (Å²) in [6.45, 7) is 1.82. The molecule has 0 aliphatic carbocycles. The zero-order chi connectivity index (χ0) is 10.6. The van der Waals surface area contributed by atoms with Crippen LogP contribution in [0.15, 0.2) is 18.3 Å². The standard InChI is InChI=1S/C8H10ClN3OS/c1-5(13-8(14)12-10)7-3-2-6(9)4-11-7/h2-5H,10H2,1H3,(H,12,14). The Morgan fingerprint density at radius 3 is 2.93 bits per heavy atom. The Hall–Kier alpha value is -0.910. The maximum atomic E-state index is 5.69. The molecule has 0 fully saturated rings. The molecule has 0 spiro atoms. The van der Waals surface area contributed by atoms with E-state index in [-0.39, 0.29) is 11.3 Å². The monoisotopic (exact) mass is 231 g/mol. The quantitative estimate of drug-likeness (QED) is 0.460. The molecule has 1 aromatic rings. The van der Waals surface area contributed by atoms with Gasteiger partial charge in [-0.15, -0.1) is 0 Å². The molecule has 3 N–H and O–H groups in total. The largest absolute Gasteiger partial charge is 0.461 e. The lowest BCUT2D eigenvalue weighted by Crippen LogP contribution is -2.31. The van der Waals surface area contributed by atoms with Gasteiger partial charge in [-0.3, -0.25) is 10.4 Å². The summed E-state index contributed by atoms with van der Waals surface area (Å²) in [4.78, 5) is 4.08. The summed E-state index contributed by atoms with van der Waals surface area (Å²) in [5.74, 6) is 5.06. The second kappa shape index (κ2) is 5.09. The number of ether oxygens (including phenoxy) is 1. The number of nitrogens with one attached hydrogen (secondary N) is 1. The van der Waals surface area contributed by atoms with Crippen molar-refractivity contribution in [3.05, 3.63) is 29.0 Å². The molecule has 1 atom stereocenters. The van der Waals surface area contributed by atoms with Crippen LogP contribution < -0.4 is 11.3 Å². The first-order valence-corrected chi connectivity index (χ1v) is 4.71. The van der Waals surface area contributed by atoms with Crippen LogP contribution in [0.2, 0.25) is 5.02 Å². The zero-order valence-corrected chi connectivity index (χ0v) is 9.10. The smallest absolute Gasteiger partial charge is 0.271 e. The van der Waals surface area contributed by atoms with Crippen LogP contribution in [0.5, 0.6) is 0 Å². The number of hydrogen-bond acceptors (Lipinski definition) is 4. The molecule has 76 valence electrons. The van der Waals surface area contributed by atoms with Gasteiger partial charge < -0.3 is 4.74 Å². The highest BCUT2D eigenvalue weighted by molar-refractivity contribution is 7.80. The molecule has 14 heavy (non-hydrogen) atoms. The molecule has 0 saturated heterocycles. The first-order valence-electron chi connectivity index (χ1n) is 3.92. The van der Waals surface area contributed by atoms with Gasteiger partial charge in [0, 0.05) is 6.20 Å². The van der Waals surface area contributed by atoms with E-state index in [2.05, 4.69) is 10.4 Å². The van der Waals surface area contributed by atoms with Gasteiger partial charge in [0.15, 0.2) is 0 Å². The summed E-state index contributed by atoms with van der Waals surface area (Å²) >= 11 is 10.4. The number of nitrogens with two attached hydrogens (primary N) is 1. The Morgan fingerprint density at radius 2 is 2.43 bits per heavy atom. The maximum Gasteiger partial charge on any atom is 0.271 e. The van der Waals surface area contributed by atoms with Crippen molar-refractivity contribution >= 4 is 29.0 Å². The number of aromatic nitrogens is 1. The molecule has 0 aliphatic rings. The fourth-order valence-electron chi connectivity index (χ4n) is 0.883. The fraction of sp³-hybridized carbons (Fsp3) is 0.250. The molecule has 1 unspecified atom stereocenters. The van der Waals surface area contributed by atoms with Crippen LogP contribution >= 0.6 is 23.8 Å². The predicted octanol–water partition coefficient (Wildman–Crippen LogP) is 1.56. The van der Waals surface area contributed by atoms with Crippen molar-refractivity contribution < 1.29 is 4.74 Å². The number of rotatable bonds is 2. The average molecular weight is 232 g/mol. The molecule has 1 heterocycles. The lowest BCUT2D eigenvalue weighted by atomic mass is 10.2. The van der Waals surface area contributed by atoms with Crippen molar-refractivity contribution in [2.45, 2.75) is 13.0 Å². The Morgan fingerprint density at radius 1 is 1.71 bits per heavy atom. The molecule has 1 aromatic heterocycles. The normalized spacial score (nSPS) is 11.9. The Labute approximate surface area is 92.4 Å². The molecule has 0 radical (unpaired) electrons. The minimum Gasteiger partial charge on any atom is -0.461 e. The summed E-state index contributed by atoms with van der Waals surface area (Å²) in [6.07, 6.45) is 1.30. The number of halogens is 1. The summed E-state index contributed by atoms with van der Waals surface area (Å²) in [5.41, 5.74) is 2.97. The van der Waals surface area contributed by atoms with E-state index in [4.69, 9.17) is 34.4 Å². The van der Waals surface area contributed by atoms with Gasteiger partial charge in [0.2, 0.25) is 0 Å². The van der Waals surface area contributed by atoms with E-state index in [1.165, 1.54) is 0 Å². The van der Waals surface area contributed by atoms with Crippen molar-refractivity contribution in [3.63, 3.8) is 0 Å². The van der Waals surface area contributed by atoms with E-state index in [1.54, 1.807) is 18.3 Å². The van der Waals surface area contributed by atoms with E-state index < -0.39 is 0 Å². The predicted molar refractivity (Wildman–Crippen MR) is 58.7 cm³/mol. The summed E-state index contributed by atoms with van der Waals surface area (Å²) in [6, 6.07) is 3.51. The summed E-state index contributed by atoms with van der Waals surface area (Å²) < 4.78 is 5.22. The van der Waals surface area contributed by atoms with E-state index in [9.17, 15) is 0 Å². The number of hydrogen-bond donors (Lipinski definition) is 2. The van der Waals surface area contributed by atoms with Crippen LogP contribution in [0.25, 0.3) is 0 Å². The minimum absolute atomic E-state index is 0.134. The Balaban J connectivity index is 2.65. The second-order valence-electron chi connectivity index (χ2n) is 2.59. The average Bonchev–Trinajstić information content (AvgIpc) is 2.18. The van der Waals surface area contributed by atoms with Gasteiger partial charge in [-0.1, -0.05) is 11.6 Å². The van der Waals surface area contributed by atoms with E-state index in [1.807, 2.05) is 6.92 Å². The Kier molecular flexibility index (Phi) is 4.06. The molecule has 1 rings (SSSR count). The van der Waals surface area contributed by atoms with Crippen molar-refractivity contribution in [1.82, 2.24) is 10.4 Å². The van der Waals surface area contributed by atoms with Crippen molar-refractivity contribution in [3.8, 4) is 0 Å². The highest BCUT2D eigenvalue weighted by atomic mass is 35.5. The lowest BCUT2D eigenvalue weighted by molar-refractivity contribution is 0.204. The van der Waals surface area contributed by atoms with E-state index in [0.29, 0.717) is 5.02 Å². The maximum absolute atomic E-state index is 5.69. The van der Waals surface area contributed by atoms with Crippen molar-refractivity contribution in [1.29, 1.82) is 0 Å². The topological polar surface area (TPSA) is 60.2 Å². The fourth-order valence-corrected chi connectivity index (χ4v) is 1.14. The zero-order valence-electron chi connectivity index (χ0n) is 7.53. The number of nitrogens with zero attached hydrogens (tertiary/aromatic N) is 1. The Bertz CT molecular complexity index is 317. The van der Waals surface area contributed by atoms with Gasteiger partial charge in [0.25, 0.3) is 5.17 Å². The van der Waals surface area contributed by atoms with Crippen LogP contribution in [-0.4, -0.2) is 10.2 Å². The third-order valence-corrected chi connectivity index (χ3v) is 2.01. The third kappa shape index (κ3) is 3.10. The first-order chi connectivity index (χ1) is 6.63. The SMILES string of the molecule is CC(OC(=S)NN)c1ccc(Cl)cn1. The van der Waals surface area contributed by atoms with Crippen molar-refractivity contribution in [2.75, 3.05) is 0 Å². The molecule has 0 aromatic carbocycles. The molecule has 0 bridgehead atoms. The molecule has 0 amide bonds. The molecule has 0 saturated carbocycles. The summed E-state index contributed by atoms with van der Waals surface area (Å²) in [5, 5.41) is 0.717. The van der Waals surface area contributed by atoms with Gasteiger partial charge >= 0.3 is 0 Å². The molecular weight excluding hydrogens is 222 g/mol. The van der Waals surface area contributed by atoms with Gasteiger partial charge in [0.1, 0.15) is 6.10 Å². The van der Waals surface area contributed by atoms with Crippen molar-refractivity contribution in [2.24, 2.45) is 5.84 Å². The second-order valence-corrected chi connectivity index (χ2v) is 3.40. The van der Waals surface area contributed by atoms with Crippen LogP contribution in [0.3, 0.4) is 0 Å². The highest BCUT2D eigenvalue weighted by Gasteiger charge is 2.09. The number of hydrazine groups is 1. The van der Waals surface area contributed by atoms with Crippen LogP contribution in [0.1, 0.15) is 18.7 Å². The van der Waals surface area contributed by atoms with Crippen LogP contribution in [-0.2, 0) is 4.74 Å². The van der Waals surface area contributed by atoms with Gasteiger partial charge in [-0.05, 0) is 31.3 Å². The van der Waals surface area contributed by atoms with Gasteiger partial charge in [0.05, 0.1) is 10.7 Å². The summed E-state index contributed by atoms with van der Waals surface area (Å²) in [7, 11) is 0. The van der Waals surface area contributed by atoms with Crippen LogP contribution in [0.4, 0.5) is 0 Å². The number of thiocarbonyl (C=S) groups is 1. The molecule has 0 aliphatic heterocycles. The van der Waals surface area contributed by atoms with Gasteiger partial charge in [-0.2, -0.15) is 0 Å². The number of pyridine rings is 1.